The van der Waals surface area contributed by atoms with Crippen molar-refractivity contribution < 1.29 is 24.2 Å². The van der Waals surface area contributed by atoms with Crippen LogP contribution in [0.15, 0.2) is 53.5 Å². The van der Waals surface area contributed by atoms with Gasteiger partial charge in [0.1, 0.15) is 5.94 Å². The molecule has 2 aliphatic rings. The van der Waals surface area contributed by atoms with Crippen LogP contribution in [-0.4, -0.2) is 35.6 Å². The maximum absolute atomic E-state index is 12.0. The fraction of sp³-hybridized carbons (Fsp3) is 0.318. The van der Waals surface area contributed by atoms with Crippen molar-refractivity contribution in [3.63, 3.8) is 0 Å². The molecule has 3 rings (SSSR count). The monoisotopic (exact) mass is 381 g/mol. The molecule has 0 spiro atoms. The van der Waals surface area contributed by atoms with E-state index in [0.29, 0.717) is 35.2 Å². The topological polar surface area (TPSA) is 76.1 Å². The summed E-state index contributed by atoms with van der Waals surface area (Å²) in [6.07, 6.45) is 7.19. The Morgan fingerprint density at radius 2 is 1.93 bits per heavy atom. The van der Waals surface area contributed by atoms with Gasteiger partial charge in [0.25, 0.3) is 0 Å². The van der Waals surface area contributed by atoms with Gasteiger partial charge in [0.2, 0.25) is 0 Å². The van der Waals surface area contributed by atoms with Gasteiger partial charge in [0.15, 0.2) is 11.5 Å². The van der Waals surface area contributed by atoms with Gasteiger partial charge < -0.3 is 19.5 Å². The molecule has 0 radical (unpaired) electrons. The molecule has 28 heavy (non-hydrogen) atoms. The van der Waals surface area contributed by atoms with E-state index in [1.165, 1.54) is 0 Å². The highest BCUT2D eigenvalue weighted by Crippen LogP contribution is 2.35. The summed E-state index contributed by atoms with van der Waals surface area (Å²) in [5.41, 5.74) is 2.51. The van der Waals surface area contributed by atoms with Crippen molar-refractivity contribution in [1.82, 2.24) is 4.90 Å². The molecular weight excluding hydrogens is 358 g/mol. The molecule has 1 aromatic rings. The smallest absolute Gasteiger partial charge is 0.337 e. The number of nitrogens with zero attached hydrogens (tertiary/aromatic N) is 1. The zero-order chi connectivity index (χ0) is 20.3. The SMILES string of the molecule is COc1ccc(/C(=C/N2C(C)=CC(=C=O)C=C2C)C(=O)O)cc1OCC1CC1. The Hall–Kier alpha value is -3.24. The normalized spacial score (nSPS) is 16.9. The first kappa shape index (κ1) is 19.5. The number of hydrogen-bond donors (Lipinski definition) is 1. The van der Waals surface area contributed by atoms with Crippen LogP contribution < -0.4 is 9.47 Å². The Balaban J connectivity index is 1.96. The van der Waals surface area contributed by atoms with E-state index in [2.05, 4.69) is 0 Å². The fourth-order valence-electron chi connectivity index (χ4n) is 3.00. The van der Waals surface area contributed by atoms with Crippen LogP contribution in [0.1, 0.15) is 32.3 Å². The van der Waals surface area contributed by atoms with Gasteiger partial charge in [-0.25, -0.2) is 9.59 Å². The molecule has 0 bridgehead atoms. The van der Waals surface area contributed by atoms with Crippen LogP contribution in [0, 0.1) is 5.92 Å². The lowest BCUT2D eigenvalue weighted by Crippen LogP contribution is -2.18. The molecule has 146 valence electrons. The number of allylic oxidation sites excluding steroid dienone is 5. The second kappa shape index (κ2) is 8.19. The second-order valence-electron chi connectivity index (χ2n) is 6.97. The molecule has 6 nitrogen and oxygen atoms in total. The first-order chi connectivity index (χ1) is 13.4. The van der Waals surface area contributed by atoms with Gasteiger partial charge in [-0.2, -0.15) is 0 Å². The molecule has 1 fully saturated rings. The number of aliphatic carboxylic acids is 1. The summed E-state index contributed by atoms with van der Waals surface area (Å²) in [6.45, 7) is 4.21. The van der Waals surface area contributed by atoms with Crippen LogP contribution in [0.25, 0.3) is 5.57 Å². The molecule has 0 aromatic heterocycles. The maximum Gasteiger partial charge on any atom is 0.337 e. The van der Waals surface area contributed by atoms with Gasteiger partial charge in [0, 0.05) is 17.6 Å². The van der Waals surface area contributed by atoms with Crippen molar-refractivity contribution in [2.75, 3.05) is 13.7 Å². The van der Waals surface area contributed by atoms with Crippen LogP contribution in [0.5, 0.6) is 11.5 Å². The van der Waals surface area contributed by atoms with Crippen molar-refractivity contribution in [2.24, 2.45) is 5.92 Å². The van der Waals surface area contributed by atoms with Crippen LogP contribution in [0.4, 0.5) is 0 Å². The van der Waals surface area contributed by atoms with Crippen molar-refractivity contribution in [1.29, 1.82) is 0 Å². The Morgan fingerprint density at radius 3 is 2.46 bits per heavy atom. The Morgan fingerprint density at radius 1 is 1.25 bits per heavy atom. The zero-order valence-corrected chi connectivity index (χ0v) is 16.2. The number of carbonyl (C=O) groups excluding carboxylic acids is 1. The number of carbonyl (C=O) groups is 1. The summed E-state index contributed by atoms with van der Waals surface area (Å²) < 4.78 is 11.2. The first-order valence-electron chi connectivity index (χ1n) is 9.10. The summed E-state index contributed by atoms with van der Waals surface area (Å²) in [7, 11) is 1.56. The average molecular weight is 381 g/mol. The predicted octanol–water partition coefficient (Wildman–Crippen LogP) is 3.79. The molecule has 1 aliphatic carbocycles. The number of benzene rings is 1. The van der Waals surface area contributed by atoms with E-state index < -0.39 is 5.97 Å². The third-order valence-corrected chi connectivity index (χ3v) is 4.74. The predicted molar refractivity (Wildman–Crippen MR) is 105 cm³/mol. The third kappa shape index (κ3) is 4.35. The Kier molecular flexibility index (Phi) is 5.71. The summed E-state index contributed by atoms with van der Waals surface area (Å²) >= 11 is 0. The van der Waals surface area contributed by atoms with Crippen LogP contribution in [0.2, 0.25) is 0 Å². The van der Waals surface area contributed by atoms with Crippen molar-refractivity contribution in [3.05, 3.63) is 59.1 Å². The van der Waals surface area contributed by atoms with Gasteiger partial charge in [0.05, 0.1) is 24.9 Å². The molecule has 1 aromatic carbocycles. The number of methoxy groups -OCH3 is 1. The molecule has 1 aliphatic heterocycles. The number of hydrogen-bond acceptors (Lipinski definition) is 5. The van der Waals surface area contributed by atoms with E-state index in [0.717, 1.165) is 24.2 Å². The van der Waals surface area contributed by atoms with Gasteiger partial charge in [-0.1, -0.05) is 6.07 Å². The lowest BCUT2D eigenvalue weighted by molar-refractivity contribution is -0.130. The van der Waals surface area contributed by atoms with Crippen molar-refractivity contribution in [2.45, 2.75) is 26.7 Å². The summed E-state index contributed by atoms with van der Waals surface area (Å²) in [4.78, 5) is 24.6. The number of rotatable bonds is 7. The van der Waals surface area contributed by atoms with Crippen molar-refractivity contribution in [3.8, 4) is 11.5 Å². The Labute approximate surface area is 164 Å². The van der Waals surface area contributed by atoms with Gasteiger partial charge in [-0.3, -0.25) is 0 Å². The van der Waals surface area contributed by atoms with Gasteiger partial charge in [-0.05, 0) is 62.5 Å². The van der Waals surface area contributed by atoms with E-state index in [1.807, 2.05) is 19.8 Å². The quantitative estimate of drug-likeness (QED) is 0.572. The summed E-state index contributed by atoms with van der Waals surface area (Å²) in [5.74, 6) is 2.47. The highest BCUT2D eigenvalue weighted by Gasteiger charge is 2.23. The Bertz CT molecular complexity index is 908. The molecule has 6 heteroatoms. The van der Waals surface area contributed by atoms with E-state index in [9.17, 15) is 14.7 Å². The van der Waals surface area contributed by atoms with Crippen LogP contribution >= 0.6 is 0 Å². The number of ether oxygens (including phenoxy) is 2. The molecule has 1 heterocycles. The minimum absolute atomic E-state index is 0.109. The minimum atomic E-state index is -1.06. The van der Waals surface area contributed by atoms with E-state index in [4.69, 9.17) is 9.47 Å². The van der Waals surface area contributed by atoms with E-state index in [-0.39, 0.29) is 5.57 Å². The van der Waals surface area contributed by atoms with E-state index >= 15 is 0 Å². The second-order valence-corrected chi connectivity index (χ2v) is 6.97. The summed E-state index contributed by atoms with van der Waals surface area (Å²) in [5, 5.41) is 9.80. The largest absolute Gasteiger partial charge is 0.493 e. The molecule has 0 amide bonds. The molecule has 0 saturated heterocycles. The third-order valence-electron chi connectivity index (χ3n) is 4.74. The lowest BCUT2D eigenvalue weighted by Gasteiger charge is -2.26. The fourth-order valence-corrected chi connectivity index (χ4v) is 3.00. The number of carboxylic acids is 1. The number of carboxylic acid groups (broad SMARTS) is 1. The highest BCUT2D eigenvalue weighted by molar-refractivity contribution is 6.15. The highest BCUT2D eigenvalue weighted by atomic mass is 16.5. The van der Waals surface area contributed by atoms with Gasteiger partial charge in [-0.15, -0.1) is 0 Å². The van der Waals surface area contributed by atoms with Crippen LogP contribution in [-0.2, 0) is 9.59 Å². The molecule has 0 unspecified atom stereocenters. The standard InChI is InChI=1S/C22H23NO5/c1-14-8-17(12-24)9-15(2)23(14)11-19(22(25)26)18-6-7-20(27-3)21(10-18)28-13-16-4-5-16/h6-11,16H,4-5,13H2,1-3H3,(H,25,26)/b19-11-. The molecule has 1 saturated carbocycles. The van der Waals surface area contributed by atoms with Crippen molar-refractivity contribution >= 4 is 17.5 Å². The minimum Gasteiger partial charge on any atom is -0.493 e. The molecule has 0 atom stereocenters. The maximum atomic E-state index is 12.0. The first-order valence-corrected chi connectivity index (χ1v) is 9.10. The molecular formula is C22H23NO5. The molecule has 1 N–H and O–H groups in total. The lowest BCUT2D eigenvalue weighted by atomic mass is 10.0. The van der Waals surface area contributed by atoms with Crippen LogP contribution in [0.3, 0.4) is 0 Å². The summed E-state index contributed by atoms with van der Waals surface area (Å²) in [6, 6.07) is 5.10. The van der Waals surface area contributed by atoms with Gasteiger partial charge >= 0.3 is 5.97 Å². The zero-order valence-electron chi connectivity index (χ0n) is 16.2. The van der Waals surface area contributed by atoms with E-state index in [1.54, 1.807) is 48.6 Å². The average Bonchev–Trinajstić information content (AvgIpc) is 3.49.